The molecule has 3 aliphatic carbocycles. The normalized spacial score (nSPS) is 35.4. The lowest BCUT2D eigenvalue weighted by Crippen LogP contribution is -2.33. The molecule has 3 aliphatic rings. The van der Waals surface area contributed by atoms with Gasteiger partial charge in [0.1, 0.15) is 0 Å². The molecule has 0 spiro atoms. The lowest BCUT2D eigenvalue weighted by Gasteiger charge is -2.42. The highest BCUT2D eigenvalue weighted by atomic mass is 16.6. The Balaban J connectivity index is 1.67. The van der Waals surface area contributed by atoms with E-state index >= 15 is 0 Å². The van der Waals surface area contributed by atoms with Gasteiger partial charge in [0.05, 0.1) is 18.8 Å². The van der Waals surface area contributed by atoms with Crippen molar-refractivity contribution in [2.45, 2.75) is 97.1 Å². The van der Waals surface area contributed by atoms with Crippen LogP contribution in [0.25, 0.3) is 0 Å². The van der Waals surface area contributed by atoms with Crippen LogP contribution in [-0.4, -0.2) is 39.9 Å². The van der Waals surface area contributed by atoms with Gasteiger partial charge in [-0.2, -0.15) is 0 Å². The Labute approximate surface area is 176 Å². The minimum Gasteiger partial charge on any atom is -0.393 e. The summed E-state index contributed by atoms with van der Waals surface area (Å²) < 4.78 is 5.54. The van der Waals surface area contributed by atoms with Crippen molar-refractivity contribution in [1.29, 1.82) is 0 Å². The van der Waals surface area contributed by atoms with Gasteiger partial charge in [-0.3, -0.25) is 0 Å². The van der Waals surface area contributed by atoms with Gasteiger partial charge >= 0.3 is 0 Å². The van der Waals surface area contributed by atoms with Crippen LogP contribution in [0.4, 0.5) is 0 Å². The van der Waals surface area contributed by atoms with Gasteiger partial charge in [-0.15, -0.1) is 0 Å². The van der Waals surface area contributed by atoms with E-state index in [4.69, 9.17) is 4.74 Å². The molecule has 0 aromatic heterocycles. The molecule has 2 saturated carbocycles. The van der Waals surface area contributed by atoms with Crippen LogP contribution in [0.3, 0.4) is 0 Å². The van der Waals surface area contributed by atoms with Crippen LogP contribution < -0.4 is 0 Å². The van der Waals surface area contributed by atoms with Crippen molar-refractivity contribution in [2.75, 3.05) is 6.61 Å². The number of hydrogen-bond donors (Lipinski definition) is 3. The summed E-state index contributed by atoms with van der Waals surface area (Å²) in [7, 11) is 0. The van der Waals surface area contributed by atoms with E-state index in [9.17, 15) is 15.3 Å². The summed E-state index contributed by atoms with van der Waals surface area (Å²) in [6.45, 7) is 8.65. The molecule has 3 rings (SSSR count). The maximum absolute atomic E-state index is 9.94. The van der Waals surface area contributed by atoms with Gasteiger partial charge in [0.25, 0.3) is 0 Å². The maximum atomic E-state index is 9.94. The Hall–Kier alpha value is -0.940. The molecule has 0 bridgehead atoms. The Morgan fingerprint density at radius 2 is 1.93 bits per heavy atom. The molecule has 0 saturated heterocycles. The molecule has 0 aromatic rings. The molecule has 0 unspecified atom stereocenters. The molecule has 5 atom stereocenters. The molecule has 2 fully saturated rings. The molecular weight excluding hydrogens is 364 g/mol. The van der Waals surface area contributed by atoms with Crippen LogP contribution in [0, 0.1) is 17.3 Å². The number of fused-ring (bicyclic) bond motifs is 1. The zero-order chi connectivity index (χ0) is 21.2. The number of rotatable bonds is 6. The second kappa shape index (κ2) is 9.05. The van der Waals surface area contributed by atoms with Gasteiger partial charge < -0.3 is 20.1 Å². The molecule has 0 amide bonds. The van der Waals surface area contributed by atoms with Gasteiger partial charge in [0.15, 0.2) is 5.79 Å². The fourth-order valence-corrected chi connectivity index (χ4v) is 5.79. The summed E-state index contributed by atoms with van der Waals surface area (Å²) >= 11 is 0. The summed E-state index contributed by atoms with van der Waals surface area (Å²) in [4.78, 5) is 0. The van der Waals surface area contributed by atoms with Crippen LogP contribution in [0.1, 0.15) is 79.1 Å². The molecule has 0 aliphatic heterocycles. The Bertz CT molecular complexity index is 657. The summed E-state index contributed by atoms with van der Waals surface area (Å²) in [5.74, 6) is -0.0574. The number of allylic oxidation sites excluding steroid dienone is 5. The van der Waals surface area contributed by atoms with Crippen molar-refractivity contribution < 1.29 is 20.1 Å². The number of aliphatic hydroxyl groups excluding tert-OH is 2. The fraction of sp³-hybridized carbons (Fsp3) is 0.760. The number of hydrogen-bond acceptors (Lipinski definition) is 4. The molecule has 4 nitrogen and oxygen atoms in total. The second-order valence-corrected chi connectivity index (χ2v) is 10.2. The van der Waals surface area contributed by atoms with Crippen LogP contribution in [0.15, 0.2) is 34.9 Å². The first-order valence-corrected chi connectivity index (χ1v) is 11.4. The predicted octanol–water partition coefficient (Wildman–Crippen LogP) is 4.65. The van der Waals surface area contributed by atoms with Gasteiger partial charge in [-0.25, -0.2) is 0 Å². The summed E-state index contributed by atoms with van der Waals surface area (Å²) in [5, 5.41) is 29.7. The first-order chi connectivity index (χ1) is 13.6. The standard InChI is InChI=1S/C25H40O4/c1-17(11-13-29-24(2,3)28)22-9-10-23-19(6-5-12-25(22,23)4)8-7-18-14-20(26)16-21(27)15-18/h7-9,17,20-21,23,26-28H,5-6,10-16H2,1-4H3/b19-8+/t17-,20-,21-,23+,25-/m1/s1. The molecule has 29 heavy (non-hydrogen) atoms. The highest BCUT2D eigenvalue weighted by Gasteiger charge is 2.45. The van der Waals surface area contributed by atoms with E-state index in [1.54, 1.807) is 19.4 Å². The fourth-order valence-electron chi connectivity index (χ4n) is 5.79. The van der Waals surface area contributed by atoms with E-state index in [2.05, 4.69) is 32.1 Å². The van der Waals surface area contributed by atoms with E-state index in [1.807, 2.05) is 0 Å². The van der Waals surface area contributed by atoms with Crippen molar-refractivity contribution in [3.05, 3.63) is 34.9 Å². The van der Waals surface area contributed by atoms with Crippen LogP contribution in [-0.2, 0) is 4.74 Å². The van der Waals surface area contributed by atoms with Gasteiger partial charge in [-0.05, 0) is 82.5 Å². The summed E-state index contributed by atoms with van der Waals surface area (Å²) in [5.41, 5.74) is 4.46. The van der Waals surface area contributed by atoms with Crippen molar-refractivity contribution in [2.24, 2.45) is 17.3 Å². The average molecular weight is 405 g/mol. The van der Waals surface area contributed by atoms with Gasteiger partial charge in [-0.1, -0.05) is 48.8 Å². The van der Waals surface area contributed by atoms with Crippen LogP contribution in [0.5, 0.6) is 0 Å². The molecule has 0 heterocycles. The zero-order valence-corrected chi connectivity index (χ0v) is 18.7. The molecule has 0 aromatic carbocycles. The largest absolute Gasteiger partial charge is 0.393 e. The van der Waals surface area contributed by atoms with E-state index < -0.39 is 18.0 Å². The average Bonchev–Trinajstić information content (AvgIpc) is 2.95. The van der Waals surface area contributed by atoms with Crippen molar-refractivity contribution >= 4 is 0 Å². The summed E-state index contributed by atoms with van der Waals surface area (Å²) in [6, 6.07) is 0. The van der Waals surface area contributed by atoms with Crippen molar-refractivity contribution in [1.82, 2.24) is 0 Å². The third kappa shape index (κ3) is 5.61. The van der Waals surface area contributed by atoms with E-state index in [0.717, 1.165) is 19.3 Å². The third-order valence-corrected chi connectivity index (χ3v) is 7.22. The topological polar surface area (TPSA) is 69.9 Å². The van der Waals surface area contributed by atoms with Gasteiger partial charge in [0.2, 0.25) is 0 Å². The Morgan fingerprint density at radius 3 is 2.59 bits per heavy atom. The monoisotopic (exact) mass is 404 g/mol. The van der Waals surface area contributed by atoms with Gasteiger partial charge in [0, 0.05) is 0 Å². The lowest BCUT2D eigenvalue weighted by molar-refractivity contribution is -0.177. The smallest absolute Gasteiger partial charge is 0.159 e. The highest BCUT2D eigenvalue weighted by molar-refractivity contribution is 5.34. The molecule has 0 radical (unpaired) electrons. The predicted molar refractivity (Wildman–Crippen MR) is 116 cm³/mol. The van der Waals surface area contributed by atoms with E-state index in [1.165, 1.54) is 24.0 Å². The molecular formula is C25H40O4. The SMILES string of the molecule is C[C@H](CCOC(C)(C)O)C1=CC[C@H]2/C(=C/C=C3C[C@@H](O)C[C@H](O)C3)CCC[C@]12C. The second-order valence-electron chi connectivity index (χ2n) is 10.2. The third-order valence-electron chi connectivity index (χ3n) is 7.22. The first kappa shape index (κ1) is 22.7. The lowest BCUT2D eigenvalue weighted by atomic mass is 9.62. The van der Waals surface area contributed by atoms with Crippen LogP contribution in [0.2, 0.25) is 0 Å². The number of ether oxygens (including phenoxy) is 1. The maximum Gasteiger partial charge on any atom is 0.159 e. The molecule has 164 valence electrons. The quantitative estimate of drug-likeness (QED) is 0.445. The van der Waals surface area contributed by atoms with E-state index in [-0.39, 0.29) is 5.41 Å². The first-order valence-electron chi connectivity index (χ1n) is 11.4. The molecule has 4 heteroatoms. The zero-order valence-electron chi connectivity index (χ0n) is 18.7. The summed E-state index contributed by atoms with van der Waals surface area (Å²) in [6.07, 6.45) is 13.6. The Kier molecular flexibility index (Phi) is 7.10. The number of aliphatic hydroxyl groups is 3. The van der Waals surface area contributed by atoms with Crippen molar-refractivity contribution in [3.63, 3.8) is 0 Å². The minimum atomic E-state index is -1.06. The minimum absolute atomic E-state index is 0.211. The Morgan fingerprint density at radius 1 is 1.24 bits per heavy atom. The van der Waals surface area contributed by atoms with Crippen molar-refractivity contribution in [3.8, 4) is 0 Å². The van der Waals surface area contributed by atoms with Crippen LogP contribution >= 0.6 is 0 Å². The highest BCUT2D eigenvalue weighted by Crippen LogP contribution is 2.56. The molecule has 3 N–H and O–H groups in total. The van der Waals surface area contributed by atoms with E-state index in [0.29, 0.717) is 37.7 Å².